The van der Waals surface area contributed by atoms with Crippen molar-refractivity contribution < 1.29 is 12.8 Å². The quantitative estimate of drug-likeness (QED) is 0.808. The van der Waals surface area contributed by atoms with Gasteiger partial charge in [0.2, 0.25) is 0 Å². The minimum Gasteiger partial charge on any atom is -0.399 e. The topological polar surface area (TPSA) is 72.2 Å². The van der Waals surface area contributed by atoms with Gasteiger partial charge in [-0.05, 0) is 55.3 Å². The van der Waals surface area contributed by atoms with E-state index in [9.17, 15) is 12.8 Å². The lowest BCUT2D eigenvalue weighted by atomic mass is 10.1. The number of benzene rings is 2. The minimum absolute atomic E-state index is 0.181. The Morgan fingerprint density at radius 2 is 1.71 bits per heavy atom. The Hall–Kier alpha value is -1.60. The minimum atomic E-state index is -4.03. The van der Waals surface area contributed by atoms with Crippen LogP contribution in [-0.4, -0.2) is 8.42 Å². The molecule has 3 N–H and O–H groups in total. The van der Waals surface area contributed by atoms with Crippen LogP contribution in [0.5, 0.6) is 0 Å². The molecule has 0 amide bonds. The summed E-state index contributed by atoms with van der Waals surface area (Å²) >= 11 is 3.41. The van der Waals surface area contributed by atoms with Gasteiger partial charge >= 0.3 is 0 Å². The largest absolute Gasteiger partial charge is 0.399 e. The molecular weight excluding hydrogens is 359 g/mol. The fourth-order valence-electron chi connectivity index (χ4n) is 1.94. The number of anilines is 2. The van der Waals surface area contributed by atoms with E-state index >= 15 is 0 Å². The Kier molecular flexibility index (Phi) is 4.25. The molecule has 0 bridgehead atoms. The molecule has 112 valence electrons. The van der Waals surface area contributed by atoms with E-state index in [1.165, 1.54) is 6.07 Å². The fraction of sp³-hybridized carbons (Fsp3) is 0.143. The number of aryl methyl sites for hydroxylation is 2. The molecule has 7 heteroatoms. The van der Waals surface area contributed by atoms with Gasteiger partial charge in [-0.2, -0.15) is 0 Å². The van der Waals surface area contributed by atoms with Gasteiger partial charge in [0.1, 0.15) is 10.7 Å². The highest BCUT2D eigenvalue weighted by Crippen LogP contribution is 2.27. The first-order valence-corrected chi connectivity index (χ1v) is 8.33. The second-order valence-electron chi connectivity index (χ2n) is 4.72. The molecule has 0 fully saturated rings. The maximum Gasteiger partial charge on any atom is 0.264 e. The van der Waals surface area contributed by atoms with Crippen molar-refractivity contribution in [3.05, 3.63) is 51.7 Å². The molecule has 0 aromatic heterocycles. The van der Waals surface area contributed by atoms with Crippen LogP contribution in [0.3, 0.4) is 0 Å². The monoisotopic (exact) mass is 372 g/mol. The Morgan fingerprint density at radius 3 is 2.29 bits per heavy atom. The first-order valence-electron chi connectivity index (χ1n) is 6.05. The van der Waals surface area contributed by atoms with Crippen molar-refractivity contribution in [3.63, 3.8) is 0 Å². The summed E-state index contributed by atoms with van der Waals surface area (Å²) in [5.41, 5.74) is 7.82. The molecule has 0 aliphatic heterocycles. The first-order chi connectivity index (χ1) is 9.70. The van der Waals surface area contributed by atoms with Crippen molar-refractivity contribution >= 4 is 37.3 Å². The zero-order valence-corrected chi connectivity index (χ0v) is 13.8. The third-order valence-electron chi connectivity index (χ3n) is 2.93. The number of nitrogen functional groups attached to an aromatic ring is 1. The van der Waals surface area contributed by atoms with Crippen LogP contribution in [0.25, 0.3) is 0 Å². The van der Waals surface area contributed by atoms with Crippen molar-refractivity contribution in [1.29, 1.82) is 0 Å². The van der Waals surface area contributed by atoms with E-state index in [0.717, 1.165) is 27.7 Å². The van der Waals surface area contributed by atoms with E-state index in [-0.39, 0.29) is 5.69 Å². The summed E-state index contributed by atoms with van der Waals surface area (Å²) in [6.45, 7) is 3.69. The van der Waals surface area contributed by atoms with Gasteiger partial charge in [0, 0.05) is 15.8 Å². The third kappa shape index (κ3) is 3.36. The summed E-state index contributed by atoms with van der Waals surface area (Å²) < 4.78 is 41.5. The van der Waals surface area contributed by atoms with Gasteiger partial charge < -0.3 is 5.73 Å². The number of halogens is 2. The molecule has 0 atom stereocenters. The molecule has 2 aromatic rings. The van der Waals surface area contributed by atoms with Crippen molar-refractivity contribution in [3.8, 4) is 0 Å². The third-order valence-corrected chi connectivity index (χ3v) is 5.58. The van der Waals surface area contributed by atoms with Crippen molar-refractivity contribution in [2.45, 2.75) is 18.7 Å². The van der Waals surface area contributed by atoms with Gasteiger partial charge in [-0.25, -0.2) is 12.8 Å². The van der Waals surface area contributed by atoms with E-state index in [0.29, 0.717) is 5.69 Å². The van der Waals surface area contributed by atoms with Gasteiger partial charge in [0.15, 0.2) is 0 Å². The fourth-order valence-corrected chi connectivity index (χ4v) is 3.32. The maximum absolute atomic E-state index is 13.7. The maximum atomic E-state index is 13.7. The second-order valence-corrected chi connectivity index (χ2v) is 7.16. The molecule has 2 aromatic carbocycles. The number of rotatable bonds is 3. The van der Waals surface area contributed by atoms with Crippen LogP contribution in [0, 0.1) is 19.7 Å². The van der Waals surface area contributed by atoms with E-state index in [1.54, 1.807) is 12.1 Å². The predicted octanol–water partition coefficient (Wildman–Crippen LogP) is 3.59. The molecule has 0 spiro atoms. The predicted molar refractivity (Wildman–Crippen MR) is 85.2 cm³/mol. The second kappa shape index (κ2) is 5.65. The zero-order valence-electron chi connectivity index (χ0n) is 11.4. The van der Waals surface area contributed by atoms with Crippen LogP contribution in [0.15, 0.2) is 39.7 Å². The lowest BCUT2D eigenvalue weighted by Crippen LogP contribution is -2.15. The molecule has 4 nitrogen and oxygen atoms in total. The summed E-state index contributed by atoms with van der Waals surface area (Å²) in [5, 5.41) is 0. The van der Waals surface area contributed by atoms with Gasteiger partial charge in [-0.15, -0.1) is 0 Å². The Balaban J connectivity index is 2.45. The summed E-state index contributed by atoms with van der Waals surface area (Å²) in [6.07, 6.45) is 0. The molecule has 21 heavy (non-hydrogen) atoms. The molecule has 0 aliphatic rings. The molecule has 0 heterocycles. The number of sulfonamides is 1. The Morgan fingerprint density at radius 1 is 1.14 bits per heavy atom. The van der Waals surface area contributed by atoms with Gasteiger partial charge in [-0.1, -0.05) is 15.9 Å². The van der Waals surface area contributed by atoms with Crippen molar-refractivity contribution in [1.82, 2.24) is 0 Å². The van der Waals surface area contributed by atoms with Crippen LogP contribution in [0.1, 0.15) is 11.1 Å². The van der Waals surface area contributed by atoms with Gasteiger partial charge in [-0.3, -0.25) is 4.72 Å². The number of nitrogens with two attached hydrogens (primary N) is 1. The average Bonchev–Trinajstić information content (AvgIpc) is 2.38. The van der Waals surface area contributed by atoms with Gasteiger partial charge in [0.05, 0.1) is 0 Å². The number of hydrogen-bond donors (Lipinski definition) is 2. The molecule has 0 saturated carbocycles. The highest BCUT2D eigenvalue weighted by atomic mass is 79.9. The lowest BCUT2D eigenvalue weighted by molar-refractivity contribution is 0.570. The SMILES string of the molecule is Cc1cc(NS(=O)(=O)c2cc(N)ccc2F)cc(C)c1Br. The number of nitrogens with one attached hydrogen (secondary N) is 1. The normalized spacial score (nSPS) is 11.4. The van der Waals surface area contributed by atoms with E-state index in [1.807, 2.05) is 13.8 Å². The summed E-state index contributed by atoms with van der Waals surface area (Å²) in [4.78, 5) is -0.472. The Bertz CT molecular complexity index is 784. The van der Waals surface area contributed by atoms with Gasteiger partial charge in [0.25, 0.3) is 10.0 Å². The molecule has 0 unspecified atom stereocenters. The van der Waals surface area contributed by atoms with Crippen LogP contribution >= 0.6 is 15.9 Å². The molecular formula is C14H14BrFN2O2S. The Labute approximate surface area is 131 Å². The number of hydrogen-bond acceptors (Lipinski definition) is 3. The summed E-state index contributed by atoms with van der Waals surface area (Å²) in [7, 11) is -4.03. The highest BCUT2D eigenvalue weighted by molar-refractivity contribution is 9.10. The molecule has 0 saturated heterocycles. The van der Waals surface area contributed by atoms with E-state index in [2.05, 4.69) is 20.7 Å². The summed E-state index contributed by atoms with van der Waals surface area (Å²) in [5.74, 6) is -0.845. The average molecular weight is 373 g/mol. The lowest BCUT2D eigenvalue weighted by Gasteiger charge is -2.12. The van der Waals surface area contributed by atoms with Crippen molar-refractivity contribution in [2.24, 2.45) is 0 Å². The first kappa shape index (κ1) is 15.8. The van der Waals surface area contributed by atoms with Crippen LogP contribution < -0.4 is 10.5 Å². The highest BCUT2D eigenvalue weighted by Gasteiger charge is 2.20. The molecule has 0 radical (unpaired) electrons. The van der Waals surface area contributed by atoms with E-state index < -0.39 is 20.7 Å². The van der Waals surface area contributed by atoms with Crippen LogP contribution in [-0.2, 0) is 10.0 Å². The molecule has 0 aliphatic carbocycles. The molecule has 2 rings (SSSR count). The van der Waals surface area contributed by atoms with Crippen LogP contribution in [0.4, 0.5) is 15.8 Å². The summed E-state index contributed by atoms with van der Waals surface area (Å²) in [6, 6.07) is 6.76. The standard InChI is InChI=1S/C14H14BrFN2O2S/c1-8-5-11(6-9(2)14(8)15)18-21(19,20)13-7-10(17)3-4-12(13)16/h3-7,18H,17H2,1-2H3. The van der Waals surface area contributed by atoms with E-state index in [4.69, 9.17) is 5.73 Å². The van der Waals surface area contributed by atoms with Crippen LogP contribution in [0.2, 0.25) is 0 Å². The van der Waals surface area contributed by atoms with Crippen molar-refractivity contribution in [2.75, 3.05) is 10.5 Å². The zero-order chi connectivity index (χ0) is 15.8. The smallest absolute Gasteiger partial charge is 0.264 e.